The molecule has 0 aromatic heterocycles. The molecule has 3 rings (SSSR count). The fourth-order valence-electron chi connectivity index (χ4n) is 2.93. The number of carbonyl (C=O) groups excluding carboxylic acids is 1. The van der Waals surface area contributed by atoms with Gasteiger partial charge in [0.2, 0.25) is 5.91 Å². The molecule has 1 N–H and O–H groups in total. The first-order valence-corrected chi connectivity index (χ1v) is 7.17. The minimum Gasteiger partial charge on any atom is -0.317 e. The highest BCUT2D eigenvalue weighted by Crippen LogP contribution is 2.31. The van der Waals surface area contributed by atoms with E-state index in [0.717, 1.165) is 32.0 Å². The Labute approximate surface area is 121 Å². The summed E-state index contributed by atoms with van der Waals surface area (Å²) >= 11 is 0. The van der Waals surface area contributed by atoms with Gasteiger partial charge in [0.15, 0.2) is 0 Å². The van der Waals surface area contributed by atoms with Crippen LogP contribution < -0.4 is 5.32 Å². The van der Waals surface area contributed by atoms with Crippen LogP contribution in [0.15, 0.2) is 23.3 Å². The van der Waals surface area contributed by atoms with Crippen LogP contribution in [0.1, 0.15) is 30.9 Å². The standard InChI is InChI=1S/C15H17F2N3O/c16-12-7-11(8-13(17)9-12)14-3-6-19-20(14)15(21)10-1-4-18-5-2-10/h6-10,14,18H,1-5H2. The molecule has 1 saturated heterocycles. The Hall–Kier alpha value is -1.82. The van der Waals surface area contributed by atoms with Crippen molar-refractivity contribution in [2.45, 2.75) is 25.3 Å². The van der Waals surface area contributed by atoms with Crippen molar-refractivity contribution in [1.29, 1.82) is 0 Å². The van der Waals surface area contributed by atoms with Crippen LogP contribution in [0.5, 0.6) is 0 Å². The van der Waals surface area contributed by atoms with Crippen molar-refractivity contribution in [3.05, 3.63) is 35.4 Å². The lowest BCUT2D eigenvalue weighted by molar-refractivity contribution is -0.138. The van der Waals surface area contributed by atoms with Gasteiger partial charge in [-0.25, -0.2) is 13.8 Å². The van der Waals surface area contributed by atoms with Gasteiger partial charge in [0.1, 0.15) is 11.6 Å². The van der Waals surface area contributed by atoms with Gasteiger partial charge in [-0.2, -0.15) is 5.10 Å². The van der Waals surface area contributed by atoms with Crippen molar-refractivity contribution in [2.75, 3.05) is 13.1 Å². The normalized spacial score (nSPS) is 22.8. The highest BCUT2D eigenvalue weighted by molar-refractivity contribution is 5.82. The van der Waals surface area contributed by atoms with Crippen LogP contribution >= 0.6 is 0 Å². The maximum absolute atomic E-state index is 13.4. The van der Waals surface area contributed by atoms with Crippen molar-refractivity contribution >= 4 is 12.1 Å². The van der Waals surface area contributed by atoms with Crippen LogP contribution in [-0.4, -0.2) is 30.2 Å². The first-order chi connectivity index (χ1) is 10.1. The van der Waals surface area contributed by atoms with Crippen LogP contribution in [0, 0.1) is 17.6 Å². The second-order valence-corrected chi connectivity index (χ2v) is 5.46. The monoisotopic (exact) mass is 293 g/mol. The van der Waals surface area contributed by atoms with E-state index in [1.54, 1.807) is 6.21 Å². The summed E-state index contributed by atoms with van der Waals surface area (Å²) in [6.07, 6.45) is 3.66. The first-order valence-electron chi connectivity index (χ1n) is 7.17. The molecule has 1 atom stereocenters. The predicted molar refractivity (Wildman–Crippen MR) is 74.6 cm³/mol. The van der Waals surface area contributed by atoms with E-state index in [1.165, 1.54) is 17.1 Å². The molecular weight excluding hydrogens is 276 g/mol. The second kappa shape index (κ2) is 5.89. The maximum atomic E-state index is 13.4. The number of nitrogens with one attached hydrogen (secondary N) is 1. The molecule has 0 saturated carbocycles. The molecule has 1 aromatic carbocycles. The van der Waals surface area contributed by atoms with E-state index in [-0.39, 0.29) is 11.8 Å². The SMILES string of the molecule is O=C(C1CCNCC1)N1N=CCC1c1cc(F)cc(F)c1. The number of hydrazone groups is 1. The van der Waals surface area contributed by atoms with Crippen molar-refractivity contribution in [3.8, 4) is 0 Å². The van der Waals surface area contributed by atoms with Gasteiger partial charge in [0.05, 0.1) is 6.04 Å². The zero-order chi connectivity index (χ0) is 14.8. The molecule has 0 radical (unpaired) electrons. The third-order valence-electron chi connectivity index (χ3n) is 4.01. The fourth-order valence-corrected chi connectivity index (χ4v) is 2.93. The van der Waals surface area contributed by atoms with Gasteiger partial charge >= 0.3 is 0 Å². The summed E-state index contributed by atoms with van der Waals surface area (Å²) in [7, 11) is 0. The van der Waals surface area contributed by atoms with Crippen molar-refractivity contribution < 1.29 is 13.6 Å². The lowest BCUT2D eigenvalue weighted by atomic mass is 9.95. The third kappa shape index (κ3) is 2.95. The minimum atomic E-state index is -0.633. The number of carbonyl (C=O) groups is 1. The lowest BCUT2D eigenvalue weighted by Gasteiger charge is -2.28. The quantitative estimate of drug-likeness (QED) is 0.908. The fraction of sp³-hybridized carbons (Fsp3) is 0.467. The molecule has 112 valence electrons. The van der Waals surface area contributed by atoms with E-state index < -0.39 is 17.7 Å². The summed E-state index contributed by atoms with van der Waals surface area (Å²) in [6.45, 7) is 1.63. The third-order valence-corrected chi connectivity index (χ3v) is 4.01. The summed E-state index contributed by atoms with van der Waals surface area (Å²) in [4.78, 5) is 12.6. The Morgan fingerprint density at radius 2 is 1.86 bits per heavy atom. The largest absolute Gasteiger partial charge is 0.317 e. The predicted octanol–water partition coefficient (Wildman–Crippen LogP) is 2.22. The van der Waals surface area contributed by atoms with Crippen molar-refractivity contribution in [2.24, 2.45) is 11.0 Å². The topological polar surface area (TPSA) is 44.7 Å². The highest BCUT2D eigenvalue weighted by atomic mass is 19.1. The number of piperidine rings is 1. The summed E-state index contributed by atoms with van der Waals surface area (Å²) in [5.41, 5.74) is 0.451. The van der Waals surface area contributed by atoms with Gasteiger partial charge in [-0.05, 0) is 43.6 Å². The average molecular weight is 293 g/mol. The molecule has 6 heteroatoms. The van der Waals surface area contributed by atoms with E-state index in [1.807, 2.05) is 0 Å². The van der Waals surface area contributed by atoms with E-state index in [2.05, 4.69) is 10.4 Å². The first kappa shape index (κ1) is 14.1. The summed E-state index contributed by atoms with van der Waals surface area (Å²) < 4.78 is 26.7. The lowest BCUT2D eigenvalue weighted by Crippen LogP contribution is -2.39. The number of benzene rings is 1. The molecule has 2 heterocycles. The number of nitrogens with zero attached hydrogens (tertiary/aromatic N) is 2. The molecule has 0 spiro atoms. The van der Waals surface area contributed by atoms with E-state index in [4.69, 9.17) is 0 Å². The molecule has 2 aliphatic rings. The average Bonchev–Trinajstić information content (AvgIpc) is 2.96. The summed E-state index contributed by atoms with van der Waals surface area (Å²) in [5.74, 6) is -1.39. The molecule has 1 aromatic rings. The zero-order valence-corrected chi connectivity index (χ0v) is 11.6. The second-order valence-electron chi connectivity index (χ2n) is 5.46. The molecule has 1 fully saturated rings. The minimum absolute atomic E-state index is 0.0556. The van der Waals surface area contributed by atoms with E-state index in [0.29, 0.717) is 12.0 Å². The summed E-state index contributed by atoms with van der Waals surface area (Å²) in [6, 6.07) is 2.96. The Morgan fingerprint density at radius 3 is 2.52 bits per heavy atom. The molecular formula is C15H17F2N3O. The zero-order valence-electron chi connectivity index (χ0n) is 11.6. The molecule has 0 aliphatic carbocycles. The maximum Gasteiger partial charge on any atom is 0.246 e. The van der Waals surface area contributed by atoms with Gasteiger partial charge in [-0.15, -0.1) is 0 Å². The highest BCUT2D eigenvalue weighted by Gasteiger charge is 2.33. The Kier molecular flexibility index (Phi) is 3.96. The van der Waals surface area contributed by atoms with Crippen LogP contribution in [-0.2, 0) is 4.79 Å². The smallest absolute Gasteiger partial charge is 0.246 e. The van der Waals surface area contributed by atoms with Crippen molar-refractivity contribution in [3.63, 3.8) is 0 Å². The van der Waals surface area contributed by atoms with Gasteiger partial charge in [-0.3, -0.25) is 4.79 Å². The van der Waals surface area contributed by atoms with E-state index >= 15 is 0 Å². The van der Waals surface area contributed by atoms with Crippen LogP contribution in [0.25, 0.3) is 0 Å². The molecule has 1 unspecified atom stereocenters. The van der Waals surface area contributed by atoms with Crippen LogP contribution in [0.2, 0.25) is 0 Å². The Balaban J connectivity index is 1.81. The van der Waals surface area contributed by atoms with E-state index in [9.17, 15) is 13.6 Å². The van der Waals surface area contributed by atoms with Crippen molar-refractivity contribution in [1.82, 2.24) is 10.3 Å². The number of hydrogen-bond donors (Lipinski definition) is 1. The molecule has 4 nitrogen and oxygen atoms in total. The van der Waals surface area contributed by atoms with Gasteiger partial charge < -0.3 is 5.32 Å². The van der Waals surface area contributed by atoms with Crippen LogP contribution in [0.3, 0.4) is 0 Å². The molecule has 2 aliphatic heterocycles. The molecule has 21 heavy (non-hydrogen) atoms. The number of halogens is 2. The Morgan fingerprint density at radius 1 is 1.19 bits per heavy atom. The number of amides is 1. The number of hydrogen-bond acceptors (Lipinski definition) is 3. The van der Waals surface area contributed by atoms with Gasteiger partial charge in [0.25, 0.3) is 0 Å². The Bertz CT molecular complexity index is 550. The van der Waals surface area contributed by atoms with Gasteiger partial charge in [-0.1, -0.05) is 0 Å². The van der Waals surface area contributed by atoms with Gasteiger partial charge in [0, 0.05) is 24.6 Å². The summed E-state index contributed by atoms with van der Waals surface area (Å²) in [5, 5.41) is 8.72. The van der Waals surface area contributed by atoms with Crippen LogP contribution in [0.4, 0.5) is 8.78 Å². The molecule has 0 bridgehead atoms. The number of rotatable bonds is 2. The molecule has 1 amide bonds.